The molecule has 10 heteroatoms. The largest absolute Gasteiger partial charge is 0.497 e. The van der Waals surface area contributed by atoms with Crippen LogP contribution in [0, 0.1) is 10.1 Å². The van der Waals surface area contributed by atoms with E-state index in [-0.39, 0.29) is 11.5 Å². The average molecular weight is 499 g/mol. The maximum atomic E-state index is 12.1. The number of anilines is 4. The molecule has 4 aromatic rings. The molecular formula is C27H26N6O4. The second kappa shape index (κ2) is 10.8. The van der Waals surface area contributed by atoms with Gasteiger partial charge < -0.3 is 24.6 Å². The van der Waals surface area contributed by atoms with Crippen molar-refractivity contribution >= 4 is 28.7 Å². The first-order valence-corrected chi connectivity index (χ1v) is 11.8. The number of rotatable bonds is 8. The van der Waals surface area contributed by atoms with Crippen LogP contribution in [0.3, 0.4) is 0 Å². The third kappa shape index (κ3) is 5.53. The number of benzene rings is 3. The maximum absolute atomic E-state index is 12.1. The highest BCUT2D eigenvalue weighted by atomic mass is 16.6. The minimum absolute atomic E-state index is 0.143. The SMILES string of the molecule is COc1ccc(N2CCN(c3ncnc(Nc4ccc(Oc5ccccc5)cc4)c3[N+](=O)[O-])CC2)cc1. The summed E-state index contributed by atoms with van der Waals surface area (Å²) in [6, 6.07) is 24.5. The lowest BCUT2D eigenvalue weighted by Gasteiger charge is -2.36. The molecule has 0 spiro atoms. The van der Waals surface area contributed by atoms with Crippen molar-refractivity contribution in [2.75, 3.05) is 48.4 Å². The van der Waals surface area contributed by atoms with Crippen molar-refractivity contribution in [1.29, 1.82) is 0 Å². The number of ether oxygens (including phenoxy) is 2. The Morgan fingerprint density at radius 3 is 2.08 bits per heavy atom. The Labute approximate surface area is 214 Å². The van der Waals surface area contributed by atoms with Gasteiger partial charge in [-0.2, -0.15) is 0 Å². The van der Waals surface area contributed by atoms with E-state index in [0.29, 0.717) is 43.4 Å². The maximum Gasteiger partial charge on any atom is 0.353 e. The molecule has 0 atom stereocenters. The summed E-state index contributed by atoms with van der Waals surface area (Å²) in [7, 11) is 1.64. The van der Waals surface area contributed by atoms with Gasteiger partial charge in [-0.15, -0.1) is 0 Å². The molecule has 3 aromatic carbocycles. The summed E-state index contributed by atoms with van der Waals surface area (Å²) in [4.78, 5) is 24.3. The highest BCUT2D eigenvalue weighted by molar-refractivity contribution is 5.75. The Kier molecular flexibility index (Phi) is 6.98. The van der Waals surface area contributed by atoms with E-state index in [0.717, 1.165) is 17.2 Å². The number of nitrogens with zero attached hydrogens (tertiary/aromatic N) is 5. The van der Waals surface area contributed by atoms with Gasteiger partial charge in [0.2, 0.25) is 11.6 Å². The van der Waals surface area contributed by atoms with Crippen LogP contribution in [0.5, 0.6) is 17.2 Å². The lowest BCUT2D eigenvalue weighted by molar-refractivity contribution is -0.383. The predicted molar refractivity (Wildman–Crippen MR) is 142 cm³/mol. The molecule has 0 aliphatic carbocycles. The predicted octanol–water partition coefficient (Wildman–Crippen LogP) is 5.26. The third-order valence-electron chi connectivity index (χ3n) is 6.10. The van der Waals surface area contributed by atoms with Crippen molar-refractivity contribution in [2.45, 2.75) is 0 Å². The number of hydrogen-bond donors (Lipinski definition) is 1. The zero-order valence-electron chi connectivity index (χ0n) is 20.3. The standard InChI is InChI=1S/C27H26N6O4/c1-36-22-13-9-21(10-14-22)31-15-17-32(18-16-31)27-25(33(34)35)26(28-19-29-27)30-20-7-11-24(12-8-20)37-23-5-3-2-4-6-23/h2-14,19H,15-18H2,1H3,(H,28,29,30). The molecule has 37 heavy (non-hydrogen) atoms. The van der Waals surface area contributed by atoms with Crippen LogP contribution in [0.4, 0.5) is 28.7 Å². The third-order valence-corrected chi connectivity index (χ3v) is 6.10. The molecule has 10 nitrogen and oxygen atoms in total. The molecule has 0 bridgehead atoms. The molecular weight excluding hydrogens is 472 g/mol. The summed E-state index contributed by atoms with van der Waals surface area (Å²) in [5, 5.41) is 15.2. The van der Waals surface area contributed by atoms with Gasteiger partial charge >= 0.3 is 5.69 Å². The number of nitro groups is 1. The van der Waals surface area contributed by atoms with Crippen LogP contribution in [0.25, 0.3) is 0 Å². The Morgan fingerprint density at radius 1 is 0.811 bits per heavy atom. The number of nitrogens with one attached hydrogen (secondary N) is 1. The van der Waals surface area contributed by atoms with E-state index in [1.165, 1.54) is 6.33 Å². The monoisotopic (exact) mass is 498 g/mol. The van der Waals surface area contributed by atoms with Gasteiger partial charge in [0.25, 0.3) is 0 Å². The first-order chi connectivity index (χ1) is 18.1. The average Bonchev–Trinajstić information content (AvgIpc) is 2.94. The smallest absolute Gasteiger partial charge is 0.353 e. The molecule has 2 heterocycles. The van der Waals surface area contributed by atoms with Crippen LogP contribution in [0.1, 0.15) is 0 Å². The van der Waals surface area contributed by atoms with Crippen LogP contribution in [-0.4, -0.2) is 48.2 Å². The highest BCUT2D eigenvalue weighted by Crippen LogP contribution is 2.35. The Balaban J connectivity index is 1.29. The number of piperazine rings is 1. The molecule has 0 saturated carbocycles. The van der Waals surface area contributed by atoms with Crippen molar-refractivity contribution in [3.8, 4) is 17.2 Å². The molecule has 0 amide bonds. The second-order valence-electron chi connectivity index (χ2n) is 8.39. The molecule has 0 radical (unpaired) electrons. The van der Waals surface area contributed by atoms with Gasteiger partial charge in [0.15, 0.2) is 0 Å². The van der Waals surface area contributed by atoms with Gasteiger partial charge in [-0.05, 0) is 60.7 Å². The second-order valence-corrected chi connectivity index (χ2v) is 8.39. The zero-order chi connectivity index (χ0) is 25.6. The molecule has 188 valence electrons. The number of hydrogen-bond acceptors (Lipinski definition) is 9. The molecule has 1 fully saturated rings. The van der Waals surface area contributed by atoms with E-state index >= 15 is 0 Å². The molecule has 5 rings (SSSR count). The summed E-state index contributed by atoms with van der Waals surface area (Å²) in [5.74, 6) is 2.64. The molecule has 1 saturated heterocycles. The van der Waals surface area contributed by atoms with Crippen LogP contribution in [-0.2, 0) is 0 Å². The van der Waals surface area contributed by atoms with Gasteiger partial charge in [0, 0.05) is 37.6 Å². The molecule has 0 unspecified atom stereocenters. The summed E-state index contributed by atoms with van der Waals surface area (Å²) in [6.07, 6.45) is 1.35. The number of para-hydroxylation sites is 1. The number of methoxy groups -OCH3 is 1. The van der Waals surface area contributed by atoms with E-state index in [4.69, 9.17) is 9.47 Å². The topological polar surface area (TPSA) is 106 Å². The van der Waals surface area contributed by atoms with Crippen molar-refractivity contribution in [3.05, 3.63) is 95.3 Å². The van der Waals surface area contributed by atoms with Crippen molar-refractivity contribution in [1.82, 2.24) is 9.97 Å². The van der Waals surface area contributed by atoms with Gasteiger partial charge in [-0.3, -0.25) is 10.1 Å². The Bertz CT molecular complexity index is 1340. The zero-order valence-corrected chi connectivity index (χ0v) is 20.3. The summed E-state index contributed by atoms with van der Waals surface area (Å²) in [6.45, 7) is 2.60. The van der Waals surface area contributed by atoms with Gasteiger partial charge in [0.1, 0.15) is 23.6 Å². The molecule has 1 aromatic heterocycles. The highest BCUT2D eigenvalue weighted by Gasteiger charge is 2.29. The Morgan fingerprint density at radius 2 is 1.43 bits per heavy atom. The summed E-state index contributed by atoms with van der Waals surface area (Å²) in [5.41, 5.74) is 1.59. The van der Waals surface area contributed by atoms with Crippen LogP contribution >= 0.6 is 0 Å². The quantitative estimate of drug-likeness (QED) is 0.257. The minimum Gasteiger partial charge on any atom is -0.497 e. The molecule has 1 N–H and O–H groups in total. The fourth-order valence-electron chi connectivity index (χ4n) is 4.20. The van der Waals surface area contributed by atoms with Crippen molar-refractivity contribution in [2.24, 2.45) is 0 Å². The van der Waals surface area contributed by atoms with Crippen molar-refractivity contribution < 1.29 is 14.4 Å². The number of aromatic nitrogens is 2. The fraction of sp³-hybridized carbons (Fsp3) is 0.185. The summed E-state index contributed by atoms with van der Waals surface area (Å²) < 4.78 is 11.1. The van der Waals surface area contributed by atoms with E-state index in [1.54, 1.807) is 31.4 Å². The first kappa shape index (κ1) is 23.9. The fourth-order valence-corrected chi connectivity index (χ4v) is 4.20. The Hall–Kier alpha value is -4.86. The van der Waals surface area contributed by atoms with Crippen LogP contribution < -0.4 is 24.6 Å². The van der Waals surface area contributed by atoms with E-state index in [9.17, 15) is 10.1 Å². The first-order valence-electron chi connectivity index (χ1n) is 11.8. The lowest BCUT2D eigenvalue weighted by atomic mass is 10.2. The molecule has 1 aliphatic rings. The van der Waals surface area contributed by atoms with Crippen molar-refractivity contribution in [3.63, 3.8) is 0 Å². The van der Waals surface area contributed by atoms with Gasteiger partial charge in [-0.1, -0.05) is 18.2 Å². The lowest BCUT2D eigenvalue weighted by Crippen LogP contribution is -2.47. The van der Waals surface area contributed by atoms with Crippen LogP contribution in [0.15, 0.2) is 85.2 Å². The van der Waals surface area contributed by atoms with Gasteiger partial charge in [0.05, 0.1) is 12.0 Å². The van der Waals surface area contributed by atoms with Gasteiger partial charge in [-0.25, -0.2) is 9.97 Å². The van der Waals surface area contributed by atoms with E-state index in [1.807, 2.05) is 59.5 Å². The van der Waals surface area contributed by atoms with E-state index in [2.05, 4.69) is 20.2 Å². The molecule has 1 aliphatic heterocycles. The summed E-state index contributed by atoms with van der Waals surface area (Å²) >= 11 is 0. The van der Waals surface area contributed by atoms with Crippen LogP contribution in [0.2, 0.25) is 0 Å². The normalized spacial score (nSPS) is 13.2. The van der Waals surface area contributed by atoms with E-state index < -0.39 is 4.92 Å². The minimum atomic E-state index is -0.430.